The monoisotopic (exact) mass is 330 g/mol. The largest absolute Gasteiger partial charge is 0.462 e. The van der Waals surface area contributed by atoms with Gasteiger partial charge in [-0.15, -0.1) is 11.3 Å². The van der Waals surface area contributed by atoms with E-state index < -0.39 is 0 Å². The molecule has 6 heteroatoms. The third kappa shape index (κ3) is 2.76. The number of halogens is 1. The van der Waals surface area contributed by atoms with Crippen LogP contribution in [0.5, 0.6) is 0 Å². The van der Waals surface area contributed by atoms with Crippen molar-refractivity contribution in [2.24, 2.45) is 0 Å². The maximum Gasteiger partial charge on any atom is 0.152 e. The van der Waals surface area contributed by atoms with Gasteiger partial charge in [0.1, 0.15) is 21.7 Å². The summed E-state index contributed by atoms with van der Waals surface area (Å²) in [6, 6.07) is 5.84. The molecule has 0 saturated heterocycles. The van der Waals surface area contributed by atoms with Crippen molar-refractivity contribution in [2.75, 3.05) is 0 Å². The molecule has 0 aliphatic rings. The average molecular weight is 331 g/mol. The molecule has 110 valence electrons. The summed E-state index contributed by atoms with van der Waals surface area (Å²) in [4.78, 5) is 16.8. The SMILES string of the molecule is Cc1ccc2c(CC(=O)Cc3ncc(C#N)s3)coc2c1Cl. The summed E-state index contributed by atoms with van der Waals surface area (Å²) in [6.45, 7) is 1.91. The Bertz CT molecular complexity index is 905. The highest BCUT2D eigenvalue weighted by atomic mass is 35.5. The van der Waals surface area contributed by atoms with Crippen LogP contribution in [0, 0.1) is 18.3 Å². The number of hydrogen-bond donors (Lipinski definition) is 0. The Balaban J connectivity index is 1.80. The zero-order valence-corrected chi connectivity index (χ0v) is 13.3. The zero-order chi connectivity index (χ0) is 15.7. The molecule has 22 heavy (non-hydrogen) atoms. The summed E-state index contributed by atoms with van der Waals surface area (Å²) in [5, 5.41) is 10.9. The molecule has 1 aromatic carbocycles. The molecular formula is C16H11ClN2O2S. The molecule has 0 amide bonds. The zero-order valence-electron chi connectivity index (χ0n) is 11.7. The normalized spacial score (nSPS) is 10.8. The van der Waals surface area contributed by atoms with Crippen molar-refractivity contribution in [3.8, 4) is 6.07 Å². The molecule has 0 N–H and O–H groups in total. The van der Waals surface area contributed by atoms with Gasteiger partial charge in [-0.05, 0) is 12.5 Å². The van der Waals surface area contributed by atoms with E-state index in [0.29, 0.717) is 20.5 Å². The number of hydrogen-bond acceptors (Lipinski definition) is 5. The van der Waals surface area contributed by atoms with Gasteiger partial charge in [0.05, 0.1) is 23.9 Å². The molecule has 4 nitrogen and oxygen atoms in total. The number of thiazole rings is 1. The van der Waals surface area contributed by atoms with Crippen molar-refractivity contribution in [1.82, 2.24) is 4.98 Å². The Labute approximate surface area is 136 Å². The number of Topliss-reactive ketones (excluding diaryl/α,β-unsaturated/α-hetero) is 1. The number of nitriles is 1. The van der Waals surface area contributed by atoms with Gasteiger partial charge in [-0.3, -0.25) is 4.79 Å². The second-order valence-corrected chi connectivity index (χ2v) is 6.45. The van der Waals surface area contributed by atoms with Gasteiger partial charge in [0.15, 0.2) is 5.58 Å². The van der Waals surface area contributed by atoms with E-state index in [4.69, 9.17) is 21.3 Å². The number of fused-ring (bicyclic) bond motifs is 1. The number of ketones is 1. The minimum Gasteiger partial charge on any atom is -0.462 e. The standard InChI is InChI=1S/C16H11ClN2O2S/c1-9-2-3-13-10(8-21-16(13)15(9)17)4-11(20)5-14-19-7-12(6-18)22-14/h2-3,7-8H,4-5H2,1H3. The van der Waals surface area contributed by atoms with E-state index in [1.165, 1.54) is 17.5 Å². The van der Waals surface area contributed by atoms with E-state index in [2.05, 4.69) is 4.98 Å². The predicted molar refractivity (Wildman–Crippen MR) is 85.2 cm³/mol. The summed E-state index contributed by atoms with van der Waals surface area (Å²) in [6.07, 6.45) is 3.55. The fourth-order valence-corrected chi connectivity index (χ4v) is 3.19. The van der Waals surface area contributed by atoms with Gasteiger partial charge in [-0.1, -0.05) is 23.7 Å². The van der Waals surface area contributed by atoms with Crippen molar-refractivity contribution >= 4 is 39.7 Å². The minimum absolute atomic E-state index is 0.0261. The lowest BCUT2D eigenvalue weighted by Gasteiger charge is -2.00. The van der Waals surface area contributed by atoms with E-state index in [1.54, 1.807) is 6.26 Å². The van der Waals surface area contributed by atoms with Crippen molar-refractivity contribution < 1.29 is 9.21 Å². The van der Waals surface area contributed by atoms with Gasteiger partial charge in [-0.2, -0.15) is 5.26 Å². The van der Waals surface area contributed by atoms with Gasteiger partial charge in [0, 0.05) is 17.4 Å². The number of aryl methyl sites for hydroxylation is 1. The first kappa shape index (κ1) is 14.8. The molecule has 3 aromatic rings. The maximum atomic E-state index is 12.2. The highest BCUT2D eigenvalue weighted by molar-refractivity contribution is 7.12. The van der Waals surface area contributed by atoms with Crippen LogP contribution in [0.25, 0.3) is 11.0 Å². The number of aromatic nitrogens is 1. The van der Waals surface area contributed by atoms with Crippen molar-refractivity contribution in [3.63, 3.8) is 0 Å². The molecular weight excluding hydrogens is 320 g/mol. The number of nitrogens with zero attached hydrogens (tertiary/aromatic N) is 2. The Morgan fingerprint density at radius 3 is 3.00 bits per heavy atom. The highest BCUT2D eigenvalue weighted by Crippen LogP contribution is 2.31. The van der Waals surface area contributed by atoms with Crippen LogP contribution in [0.4, 0.5) is 0 Å². The predicted octanol–water partition coefficient (Wildman–Crippen LogP) is 4.08. The summed E-state index contributed by atoms with van der Waals surface area (Å²) in [5.41, 5.74) is 2.37. The number of rotatable bonds is 4. The van der Waals surface area contributed by atoms with Crippen LogP contribution in [0.2, 0.25) is 5.02 Å². The lowest BCUT2D eigenvalue weighted by molar-refractivity contribution is -0.117. The third-order valence-corrected chi connectivity index (χ3v) is 4.73. The fourth-order valence-electron chi connectivity index (χ4n) is 2.24. The van der Waals surface area contributed by atoms with Gasteiger partial charge < -0.3 is 4.42 Å². The number of carbonyl (C=O) groups excluding carboxylic acids is 1. The molecule has 2 aromatic heterocycles. The topological polar surface area (TPSA) is 66.9 Å². The Hall–Kier alpha value is -2.16. The number of carbonyl (C=O) groups is 1. The van der Waals surface area contributed by atoms with Crippen molar-refractivity contribution in [1.29, 1.82) is 5.26 Å². The first-order chi connectivity index (χ1) is 10.6. The molecule has 0 fully saturated rings. The van der Waals surface area contributed by atoms with Crippen molar-refractivity contribution in [3.05, 3.63) is 50.6 Å². The summed E-state index contributed by atoms with van der Waals surface area (Å²) < 4.78 is 5.49. The Morgan fingerprint density at radius 2 is 2.27 bits per heavy atom. The molecule has 0 radical (unpaired) electrons. The Kier molecular flexibility index (Phi) is 3.97. The van der Waals surface area contributed by atoms with Crippen LogP contribution in [0.1, 0.15) is 21.0 Å². The molecule has 0 saturated carbocycles. The van der Waals surface area contributed by atoms with Crippen LogP contribution in [-0.2, 0) is 17.6 Å². The molecule has 0 aliphatic heterocycles. The Morgan fingerprint density at radius 1 is 1.45 bits per heavy atom. The third-order valence-electron chi connectivity index (χ3n) is 3.35. The van der Waals surface area contributed by atoms with Gasteiger partial charge >= 0.3 is 0 Å². The molecule has 2 heterocycles. The van der Waals surface area contributed by atoms with Crippen LogP contribution in [0.15, 0.2) is 29.0 Å². The van der Waals surface area contributed by atoms with Gasteiger partial charge in [-0.25, -0.2) is 4.98 Å². The molecule has 0 bridgehead atoms. The smallest absolute Gasteiger partial charge is 0.152 e. The number of benzene rings is 1. The maximum absolute atomic E-state index is 12.2. The number of furan rings is 1. The lowest BCUT2D eigenvalue weighted by Crippen LogP contribution is -2.05. The molecule has 0 spiro atoms. The van der Waals surface area contributed by atoms with E-state index in [0.717, 1.165) is 16.5 Å². The first-order valence-corrected chi connectivity index (χ1v) is 7.79. The quantitative estimate of drug-likeness (QED) is 0.723. The second kappa shape index (κ2) is 5.91. The van der Waals surface area contributed by atoms with Crippen molar-refractivity contribution in [2.45, 2.75) is 19.8 Å². The van der Waals surface area contributed by atoms with E-state index in [-0.39, 0.29) is 18.6 Å². The molecule has 0 aliphatic carbocycles. The van der Waals surface area contributed by atoms with E-state index in [9.17, 15) is 4.79 Å². The lowest BCUT2D eigenvalue weighted by atomic mass is 10.1. The summed E-state index contributed by atoms with van der Waals surface area (Å²) >= 11 is 7.45. The summed E-state index contributed by atoms with van der Waals surface area (Å²) in [7, 11) is 0. The van der Waals surface area contributed by atoms with Crippen LogP contribution >= 0.6 is 22.9 Å². The van der Waals surface area contributed by atoms with Crippen LogP contribution in [-0.4, -0.2) is 10.8 Å². The first-order valence-electron chi connectivity index (χ1n) is 6.60. The van der Waals surface area contributed by atoms with E-state index >= 15 is 0 Å². The summed E-state index contributed by atoms with van der Waals surface area (Å²) in [5.74, 6) is 0.0261. The molecule has 3 rings (SSSR count). The minimum atomic E-state index is 0.0261. The molecule has 0 atom stereocenters. The van der Waals surface area contributed by atoms with E-state index in [1.807, 2.05) is 25.1 Å². The fraction of sp³-hybridized carbons (Fsp3) is 0.188. The van der Waals surface area contributed by atoms with Crippen LogP contribution < -0.4 is 0 Å². The average Bonchev–Trinajstić information content (AvgIpc) is 3.10. The van der Waals surface area contributed by atoms with Crippen LogP contribution in [0.3, 0.4) is 0 Å². The van der Waals surface area contributed by atoms with Gasteiger partial charge in [0.25, 0.3) is 0 Å². The second-order valence-electron chi connectivity index (χ2n) is 4.96. The van der Waals surface area contributed by atoms with Gasteiger partial charge in [0.2, 0.25) is 0 Å². The molecule has 0 unspecified atom stereocenters. The highest BCUT2D eigenvalue weighted by Gasteiger charge is 2.15.